The zero-order valence-electron chi connectivity index (χ0n) is 10.3. The van der Waals surface area contributed by atoms with E-state index in [0.29, 0.717) is 17.2 Å². The summed E-state index contributed by atoms with van der Waals surface area (Å²) >= 11 is 1.05. The van der Waals surface area contributed by atoms with Crippen molar-refractivity contribution in [2.24, 2.45) is 0 Å². The van der Waals surface area contributed by atoms with Gasteiger partial charge in [-0.2, -0.15) is 0 Å². The van der Waals surface area contributed by atoms with E-state index >= 15 is 0 Å². The summed E-state index contributed by atoms with van der Waals surface area (Å²) in [6, 6.07) is 4.78. The summed E-state index contributed by atoms with van der Waals surface area (Å²) in [5.74, 6) is 0.982. The summed E-state index contributed by atoms with van der Waals surface area (Å²) in [4.78, 5) is 3.75. The maximum absolute atomic E-state index is 12.0. The molecular formula is C11H12N2O4S2. The van der Waals surface area contributed by atoms with Crippen molar-refractivity contribution in [1.82, 2.24) is 4.98 Å². The molecule has 0 amide bonds. The number of anilines is 1. The fraction of sp³-hybridized carbons (Fsp3) is 0.182. The van der Waals surface area contributed by atoms with Crippen LogP contribution >= 0.6 is 11.3 Å². The van der Waals surface area contributed by atoms with Gasteiger partial charge in [-0.1, -0.05) is 0 Å². The third-order valence-electron chi connectivity index (χ3n) is 2.31. The summed E-state index contributed by atoms with van der Waals surface area (Å²) in [7, 11) is -0.607. The summed E-state index contributed by atoms with van der Waals surface area (Å²) < 4.78 is 36.8. The largest absolute Gasteiger partial charge is 0.493 e. The molecule has 1 aromatic carbocycles. The van der Waals surface area contributed by atoms with Crippen molar-refractivity contribution < 1.29 is 17.9 Å². The van der Waals surface area contributed by atoms with Gasteiger partial charge in [-0.05, 0) is 12.1 Å². The predicted octanol–water partition coefficient (Wildman–Crippen LogP) is 1.96. The van der Waals surface area contributed by atoms with Crippen molar-refractivity contribution in [3.05, 3.63) is 29.9 Å². The molecule has 1 heterocycles. The molecule has 19 heavy (non-hydrogen) atoms. The molecule has 0 unspecified atom stereocenters. The Bertz CT molecular complexity index is 653. The van der Waals surface area contributed by atoms with Crippen LogP contribution in [0.4, 0.5) is 5.69 Å². The Labute approximate surface area is 115 Å². The van der Waals surface area contributed by atoms with E-state index in [1.807, 2.05) is 0 Å². The highest BCUT2D eigenvalue weighted by atomic mass is 32.2. The molecule has 1 aromatic heterocycles. The quantitative estimate of drug-likeness (QED) is 0.913. The first-order valence-corrected chi connectivity index (χ1v) is 7.56. The minimum atomic E-state index is -3.60. The maximum atomic E-state index is 12.0. The van der Waals surface area contributed by atoms with E-state index in [9.17, 15) is 8.42 Å². The average Bonchev–Trinajstić information content (AvgIpc) is 2.93. The number of nitrogens with one attached hydrogen (secondary N) is 1. The number of thiazole rings is 1. The Morgan fingerprint density at radius 1 is 1.21 bits per heavy atom. The van der Waals surface area contributed by atoms with Gasteiger partial charge in [-0.15, -0.1) is 11.3 Å². The van der Waals surface area contributed by atoms with E-state index in [2.05, 4.69) is 9.71 Å². The highest BCUT2D eigenvalue weighted by Gasteiger charge is 2.16. The highest BCUT2D eigenvalue weighted by molar-refractivity contribution is 7.94. The molecular weight excluding hydrogens is 288 g/mol. The molecule has 0 aliphatic carbocycles. The number of ether oxygens (including phenoxy) is 2. The van der Waals surface area contributed by atoms with Crippen molar-refractivity contribution >= 4 is 27.0 Å². The SMILES string of the molecule is COc1ccc(NS(=O)(=O)c2cncs2)cc1OC. The van der Waals surface area contributed by atoms with Crippen LogP contribution in [-0.4, -0.2) is 27.6 Å². The van der Waals surface area contributed by atoms with Crippen LogP contribution in [0, 0.1) is 0 Å². The average molecular weight is 300 g/mol. The molecule has 6 nitrogen and oxygen atoms in total. The first kappa shape index (κ1) is 13.6. The van der Waals surface area contributed by atoms with Gasteiger partial charge in [0.05, 0.1) is 31.6 Å². The Morgan fingerprint density at radius 3 is 2.53 bits per heavy atom. The lowest BCUT2D eigenvalue weighted by Crippen LogP contribution is -2.11. The van der Waals surface area contributed by atoms with Crippen molar-refractivity contribution in [2.75, 3.05) is 18.9 Å². The molecule has 0 atom stereocenters. The molecule has 1 N–H and O–H groups in total. The summed E-state index contributed by atoms with van der Waals surface area (Å²) in [5.41, 5.74) is 1.86. The zero-order valence-corrected chi connectivity index (χ0v) is 11.9. The second-order valence-electron chi connectivity index (χ2n) is 3.50. The first-order valence-electron chi connectivity index (χ1n) is 5.20. The maximum Gasteiger partial charge on any atom is 0.273 e. The lowest BCUT2D eigenvalue weighted by Gasteiger charge is -2.10. The molecule has 0 saturated heterocycles. The number of aromatic nitrogens is 1. The lowest BCUT2D eigenvalue weighted by atomic mass is 10.3. The van der Waals surface area contributed by atoms with Gasteiger partial charge in [0.2, 0.25) is 0 Å². The lowest BCUT2D eigenvalue weighted by molar-refractivity contribution is 0.355. The summed E-state index contributed by atoms with van der Waals surface area (Å²) in [6.07, 6.45) is 1.30. The van der Waals surface area contributed by atoms with Gasteiger partial charge in [-0.3, -0.25) is 9.71 Å². The zero-order chi connectivity index (χ0) is 13.9. The number of nitrogens with zero attached hydrogens (tertiary/aromatic N) is 1. The third kappa shape index (κ3) is 2.96. The van der Waals surface area contributed by atoms with Crippen LogP contribution < -0.4 is 14.2 Å². The standard InChI is InChI=1S/C11H12N2O4S2/c1-16-9-4-3-8(5-10(9)17-2)13-19(14,15)11-6-12-7-18-11/h3-7,13H,1-2H3. The molecule has 0 spiro atoms. The van der Waals surface area contributed by atoms with Gasteiger partial charge in [0.15, 0.2) is 15.7 Å². The van der Waals surface area contributed by atoms with E-state index in [4.69, 9.17) is 9.47 Å². The normalized spacial score (nSPS) is 11.1. The van der Waals surface area contributed by atoms with Crippen molar-refractivity contribution in [1.29, 1.82) is 0 Å². The van der Waals surface area contributed by atoms with E-state index in [0.717, 1.165) is 11.3 Å². The van der Waals surface area contributed by atoms with E-state index in [1.165, 1.54) is 25.9 Å². The molecule has 2 aromatic rings. The minimum absolute atomic E-state index is 0.155. The molecule has 0 bridgehead atoms. The number of sulfonamides is 1. The van der Waals surface area contributed by atoms with Crippen LogP contribution in [-0.2, 0) is 10.0 Å². The third-order valence-corrected chi connectivity index (χ3v) is 4.96. The predicted molar refractivity (Wildman–Crippen MR) is 72.5 cm³/mol. The van der Waals surface area contributed by atoms with Crippen LogP contribution in [0.15, 0.2) is 34.1 Å². The molecule has 0 aliphatic heterocycles. The van der Waals surface area contributed by atoms with E-state index in [1.54, 1.807) is 18.2 Å². The van der Waals surface area contributed by atoms with Crippen LogP contribution in [0.2, 0.25) is 0 Å². The van der Waals surface area contributed by atoms with Gasteiger partial charge in [-0.25, -0.2) is 8.42 Å². The van der Waals surface area contributed by atoms with Gasteiger partial charge >= 0.3 is 0 Å². The molecule has 2 rings (SSSR count). The van der Waals surface area contributed by atoms with Gasteiger partial charge in [0.1, 0.15) is 0 Å². The van der Waals surface area contributed by atoms with Crippen LogP contribution in [0.5, 0.6) is 11.5 Å². The number of methoxy groups -OCH3 is 2. The van der Waals surface area contributed by atoms with Crippen LogP contribution in [0.3, 0.4) is 0 Å². The number of benzene rings is 1. The molecule has 102 valence electrons. The van der Waals surface area contributed by atoms with Crippen LogP contribution in [0.25, 0.3) is 0 Å². The molecule has 0 saturated carbocycles. The molecule has 8 heteroatoms. The second-order valence-corrected chi connectivity index (χ2v) is 6.29. The summed E-state index contributed by atoms with van der Waals surface area (Å²) in [6.45, 7) is 0. The fourth-order valence-corrected chi connectivity index (χ4v) is 3.29. The highest BCUT2D eigenvalue weighted by Crippen LogP contribution is 2.30. The van der Waals surface area contributed by atoms with Crippen molar-refractivity contribution in [2.45, 2.75) is 4.21 Å². The van der Waals surface area contributed by atoms with Gasteiger partial charge in [0.25, 0.3) is 10.0 Å². The molecule has 0 fully saturated rings. The van der Waals surface area contributed by atoms with E-state index in [-0.39, 0.29) is 4.21 Å². The second kappa shape index (κ2) is 5.45. The molecule has 0 aliphatic rings. The van der Waals surface area contributed by atoms with Crippen LogP contribution in [0.1, 0.15) is 0 Å². The molecule has 0 radical (unpaired) electrons. The summed E-state index contributed by atoms with van der Waals surface area (Å²) in [5, 5.41) is 0. The van der Waals surface area contributed by atoms with Gasteiger partial charge in [0, 0.05) is 6.07 Å². The Balaban J connectivity index is 2.29. The smallest absolute Gasteiger partial charge is 0.273 e. The minimum Gasteiger partial charge on any atom is -0.493 e. The Morgan fingerprint density at radius 2 is 1.95 bits per heavy atom. The Hall–Kier alpha value is -1.80. The Kier molecular flexibility index (Phi) is 3.91. The van der Waals surface area contributed by atoms with E-state index < -0.39 is 10.0 Å². The fourth-order valence-electron chi connectivity index (χ4n) is 1.44. The number of hydrogen-bond donors (Lipinski definition) is 1. The first-order chi connectivity index (χ1) is 9.06. The topological polar surface area (TPSA) is 77.5 Å². The van der Waals surface area contributed by atoms with Crippen molar-refractivity contribution in [3.63, 3.8) is 0 Å². The number of rotatable bonds is 5. The monoisotopic (exact) mass is 300 g/mol. The van der Waals surface area contributed by atoms with Crippen molar-refractivity contribution in [3.8, 4) is 11.5 Å². The number of hydrogen-bond acceptors (Lipinski definition) is 6. The van der Waals surface area contributed by atoms with Gasteiger partial charge < -0.3 is 9.47 Å².